The maximum atomic E-state index is 12.0. The molecule has 1 atom stereocenters. The summed E-state index contributed by atoms with van der Waals surface area (Å²) in [6, 6.07) is 0.373. The second-order valence-corrected chi connectivity index (χ2v) is 5.29. The van der Waals surface area contributed by atoms with E-state index in [-0.39, 0.29) is 5.41 Å². The Morgan fingerprint density at radius 2 is 2.13 bits per heavy atom. The van der Waals surface area contributed by atoms with Gasteiger partial charge < -0.3 is 4.90 Å². The topological polar surface area (TPSA) is 20.3 Å². The molecule has 0 radical (unpaired) electrons. The number of carbonyl (C=O) groups excluding carboxylic acids is 1. The number of amides is 1. The molecule has 1 rings (SSSR count). The van der Waals surface area contributed by atoms with Crippen LogP contribution >= 0.6 is 12.6 Å². The number of nitrogens with zero attached hydrogens (tertiary/aromatic N) is 1. The molecule has 0 N–H and O–H groups in total. The van der Waals surface area contributed by atoms with Crippen molar-refractivity contribution in [3.8, 4) is 0 Å². The van der Waals surface area contributed by atoms with Crippen molar-refractivity contribution in [1.29, 1.82) is 0 Å². The van der Waals surface area contributed by atoms with Crippen LogP contribution in [0.4, 0.5) is 0 Å². The minimum absolute atomic E-state index is 0.250. The Morgan fingerprint density at radius 3 is 2.53 bits per heavy atom. The van der Waals surface area contributed by atoms with Gasteiger partial charge in [-0.05, 0) is 37.4 Å². The van der Waals surface area contributed by atoms with Gasteiger partial charge in [-0.3, -0.25) is 4.79 Å². The first-order valence-corrected chi connectivity index (χ1v) is 6.54. The van der Waals surface area contributed by atoms with Crippen LogP contribution in [0.3, 0.4) is 0 Å². The van der Waals surface area contributed by atoms with Gasteiger partial charge in [0.2, 0.25) is 5.91 Å². The van der Waals surface area contributed by atoms with Crippen molar-refractivity contribution in [2.24, 2.45) is 5.41 Å². The van der Waals surface area contributed by atoms with Gasteiger partial charge in [0.15, 0.2) is 0 Å². The molecule has 0 aromatic heterocycles. The molecule has 2 nitrogen and oxygen atoms in total. The zero-order chi connectivity index (χ0) is 11.5. The Kier molecular flexibility index (Phi) is 4.50. The Morgan fingerprint density at radius 1 is 1.53 bits per heavy atom. The summed E-state index contributed by atoms with van der Waals surface area (Å²) in [5, 5.41) is 0. The third-order valence-electron chi connectivity index (χ3n) is 3.58. The van der Waals surface area contributed by atoms with Gasteiger partial charge in [0, 0.05) is 19.5 Å². The standard InChI is InChI=1S/C12H23NOS/c1-4-5-10(2)13(3)11(14)8-12(9-15)6-7-12/h10,15H,4-9H2,1-3H3. The summed E-state index contributed by atoms with van der Waals surface area (Å²) >= 11 is 4.33. The van der Waals surface area contributed by atoms with Crippen LogP contribution < -0.4 is 0 Å². The number of rotatable bonds is 6. The van der Waals surface area contributed by atoms with Crippen LogP contribution in [0.2, 0.25) is 0 Å². The molecule has 0 aromatic rings. The lowest BCUT2D eigenvalue weighted by atomic mass is 10.0. The van der Waals surface area contributed by atoms with Crippen LogP contribution in [0.25, 0.3) is 0 Å². The van der Waals surface area contributed by atoms with Crippen molar-refractivity contribution in [3.05, 3.63) is 0 Å². The zero-order valence-electron chi connectivity index (χ0n) is 10.1. The molecule has 15 heavy (non-hydrogen) atoms. The Hall–Kier alpha value is -0.180. The van der Waals surface area contributed by atoms with Crippen molar-refractivity contribution < 1.29 is 4.79 Å². The van der Waals surface area contributed by atoms with Crippen molar-refractivity contribution in [1.82, 2.24) is 4.90 Å². The highest BCUT2D eigenvalue weighted by Gasteiger charge is 2.43. The SMILES string of the molecule is CCCC(C)N(C)C(=O)CC1(CS)CC1. The lowest BCUT2D eigenvalue weighted by molar-refractivity contribution is -0.132. The van der Waals surface area contributed by atoms with Crippen LogP contribution in [0.15, 0.2) is 0 Å². The fourth-order valence-corrected chi connectivity index (χ4v) is 2.30. The van der Waals surface area contributed by atoms with Crippen molar-refractivity contribution in [2.75, 3.05) is 12.8 Å². The van der Waals surface area contributed by atoms with Gasteiger partial charge in [-0.1, -0.05) is 13.3 Å². The first kappa shape index (κ1) is 12.9. The monoisotopic (exact) mass is 229 g/mol. The molecule has 3 heteroatoms. The molecule has 1 amide bonds. The predicted octanol–water partition coefficient (Wildman–Crippen LogP) is 2.73. The van der Waals surface area contributed by atoms with Crippen molar-refractivity contribution >= 4 is 18.5 Å². The quantitative estimate of drug-likeness (QED) is 0.694. The largest absolute Gasteiger partial charge is 0.343 e. The lowest BCUT2D eigenvalue weighted by Gasteiger charge is -2.26. The maximum absolute atomic E-state index is 12.0. The van der Waals surface area contributed by atoms with E-state index < -0.39 is 0 Å². The molecule has 0 saturated heterocycles. The fraction of sp³-hybridized carbons (Fsp3) is 0.917. The lowest BCUT2D eigenvalue weighted by Crippen LogP contribution is -2.36. The summed E-state index contributed by atoms with van der Waals surface area (Å²) in [6.45, 7) is 4.28. The molecular formula is C12H23NOS. The van der Waals surface area contributed by atoms with Gasteiger partial charge in [0.05, 0.1) is 0 Å². The minimum atomic E-state index is 0.250. The molecule has 88 valence electrons. The van der Waals surface area contributed by atoms with E-state index in [0.717, 1.165) is 18.6 Å². The Bertz CT molecular complexity index is 226. The molecule has 1 aliphatic carbocycles. The second-order valence-electron chi connectivity index (χ2n) is 4.98. The van der Waals surface area contributed by atoms with Crippen LogP contribution in [0.5, 0.6) is 0 Å². The van der Waals surface area contributed by atoms with E-state index in [9.17, 15) is 4.79 Å². The minimum Gasteiger partial charge on any atom is -0.343 e. The number of carbonyl (C=O) groups is 1. The molecule has 1 aliphatic rings. The van der Waals surface area contributed by atoms with Crippen molar-refractivity contribution in [2.45, 2.75) is 52.0 Å². The zero-order valence-corrected chi connectivity index (χ0v) is 11.0. The smallest absolute Gasteiger partial charge is 0.223 e. The average Bonchev–Trinajstić information content (AvgIpc) is 2.97. The van der Waals surface area contributed by atoms with Crippen LogP contribution in [0, 0.1) is 5.41 Å². The summed E-state index contributed by atoms with van der Waals surface area (Å²) in [7, 11) is 1.93. The second kappa shape index (κ2) is 5.24. The van der Waals surface area contributed by atoms with Crippen LogP contribution in [0.1, 0.15) is 46.0 Å². The molecule has 0 bridgehead atoms. The van der Waals surface area contributed by atoms with Crippen LogP contribution in [-0.2, 0) is 4.79 Å². The van der Waals surface area contributed by atoms with E-state index in [2.05, 4.69) is 26.5 Å². The highest BCUT2D eigenvalue weighted by Crippen LogP contribution is 2.49. The van der Waals surface area contributed by atoms with E-state index in [1.807, 2.05) is 11.9 Å². The normalized spacial score (nSPS) is 19.7. The highest BCUT2D eigenvalue weighted by atomic mass is 32.1. The van der Waals surface area contributed by atoms with Gasteiger partial charge >= 0.3 is 0 Å². The number of hydrogen-bond acceptors (Lipinski definition) is 2. The summed E-state index contributed by atoms with van der Waals surface area (Å²) in [4.78, 5) is 13.9. The third kappa shape index (κ3) is 3.40. The molecule has 0 aliphatic heterocycles. The number of hydrogen-bond donors (Lipinski definition) is 1. The molecule has 0 aromatic carbocycles. The first-order valence-electron chi connectivity index (χ1n) is 5.91. The first-order chi connectivity index (χ1) is 7.04. The van der Waals surface area contributed by atoms with Crippen LogP contribution in [-0.4, -0.2) is 29.6 Å². The molecular weight excluding hydrogens is 206 g/mol. The van der Waals surface area contributed by atoms with E-state index in [4.69, 9.17) is 0 Å². The Labute approximate surface area is 98.8 Å². The molecule has 1 saturated carbocycles. The van der Waals surface area contributed by atoms with E-state index in [0.29, 0.717) is 18.4 Å². The maximum Gasteiger partial charge on any atom is 0.223 e. The van der Waals surface area contributed by atoms with Gasteiger partial charge in [0.25, 0.3) is 0 Å². The molecule has 1 unspecified atom stereocenters. The van der Waals surface area contributed by atoms with E-state index in [1.165, 1.54) is 12.8 Å². The molecule has 0 spiro atoms. The van der Waals surface area contributed by atoms with Gasteiger partial charge in [-0.2, -0.15) is 12.6 Å². The highest BCUT2D eigenvalue weighted by molar-refractivity contribution is 7.80. The van der Waals surface area contributed by atoms with Gasteiger partial charge in [-0.15, -0.1) is 0 Å². The Balaban J connectivity index is 2.39. The van der Waals surface area contributed by atoms with Gasteiger partial charge in [-0.25, -0.2) is 0 Å². The van der Waals surface area contributed by atoms with E-state index in [1.54, 1.807) is 0 Å². The summed E-state index contributed by atoms with van der Waals surface area (Å²) in [5.74, 6) is 1.15. The summed E-state index contributed by atoms with van der Waals surface area (Å²) in [5.41, 5.74) is 0.250. The molecule has 0 heterocycles. The predicted molar refractivity (Wildman–Crippen MR) is 67.3 cm³/mol. The number of thiol groups is 1. The van der Waals surface area contributed by atoms with Crippen molar-refractivity contribution in [3.63, 3.8) is 0 Å². The summed E-state index contributed by atoms with van der Waals surface area (Å²) in [6.07, 6.45) is 5.28. The average molecular weight is 229 g/mol. The van der Waals surface area contributed by atoms with E-state index >= 15 is 0 Å². The summed E-state index contributed by atoms with van der Waals surface area (Å²) < 4.78 is 0. The van der Waals surface area contributed by atoms with Gasteiger partial charge in [0.1, 0.15) is 0 Å². The fourth-order valence-electron chi connectivity index (χ4n) is 1.87. The third-order valence-corrected chi connectivity index (χ3v) is 4.25. The molecule has 1 fully saturated rings.